The van der Waals surface area contributed by atoms with E-state index in [1.54, 1.807) is 0 Å². The topological polar surface area (TPSA) is 60.1 Å². The van der Waals surface area contributed by atoms with E-state index in [2.05, 4.69) is 4.99 Å². The molecule has 1 aliphatic carbocycles. The molecule has 1 saturated carbocycles. The molecule has 106 valence electrons. The third-order valence-corrected chi connectivity index (χ3v) is 3.74. The standard InChI is InChI=1S/C12H23N3O2.HI/c1-4-16-10-8-9(14-11(13)15(2)3)12(10)6-5-7-17-12;/h9-10H,4-8H2,1-3H3,(H2,13,14);1H. The van der Waals surface area contributed by atoms with Gasteiger partial charge in [-0.2, -0.15) is 0 Å². The van der Waals surface area contributed by atoms with E-state index in [0.717, 1.165) is 32.5 Å². The molecule has 2 N–H and O–H groups in total. The molecule has 1 aliphatic heterocycles. The van der Waals surface area contributed by atoms with Crippen LogP contribution >= 0.6 is 24.0 Å². The van der Waals surface area contributed by atoms with Crippen molar-refractivity contribution >= 4 is 29.9 Å². The Morgan fingerprint density at radius 2 is 2.28 bits per heavy atom. The first-order valence-electron chi connectivity index (χ1n) is 6.36. The Hall–Kier alpha value is -0.0800. The third kappa shape index (κ3) is 2.75. The van der Waals surface area contributed by atoms with Gasteiger partial charge in [-0.25, -0.2) is 4.99 Å². The van der Waals surface area contributed by atoms with Crippen LogP contribution in [0.25, 0.3) is 0 Å². The molecule has 0 aromatic carbocycles. The lowest BCUT2D eigenvalue weighted by molar-refractivity contribution is -0.189. The van der Waals surface area contributed by atoms with Crippen molar-refractivity contribution in [3.8, 4) is 0 Å². The predicted molar refractivity (Wildman–Crippen MR) is 82.5 cm³/mol. The van der Waals surface area contributed by atoms with Crippen molar-refractivity contribution in [3.63, 3.8) is 0 Å². The van der Waals surface area contributed by atoms with Crippen LogP contribution in [-0.2, 0) is 9.47 Å². The monoisotopic (exact) mass is 369 g/mol. The molecule has 3 atom stereocenters. The highest BCUT2D eigenvalue weighted by Gasteiger charge is 2.59. The highest BCUT2D eigenvalue weighted by molar-refractivity contribution is 14.0. The molecule has 1 heterocycles. The van der Waals surface area contributed by atoms with Crippen molar-refractivity contribution in [2.45, 2.75) is 43.9 Å². The molecule has 3 unspecified atom stereocenters. The van der Waals surface area contributed by atoms with Gasteiger partial charge >= 0.3 is 0 Å². The quantitative estimate of drug-likeness (QED) is 0.462. The zero-order valence-electron chi connectivity index (χ0n) is 11.4. The van der Waals surface area contributed by atoms with E-state index in [4.69, 9.17) is 15.2 Å². The van der Waals surface area contributed by atoms with Crippen LogP contribution in [-0.4, -0.2) is 55.9 Å². The summed E-state index contributed by atoms with van der Waals surface area (Å²) < 4.78 is 11.7. The summed E-state index contributed by atoms with van der Waals surface area (Å²) in [6.07, 6.45) is 3.24. The van der Waals surface area contributed by atoms with Gasteiger partial charge in [0.05, 0.1) is 12.1 Å². The van der Waals surface area contributed by atoms with Gasteiger partial charge in [0, 0.05) is 33.7 Å². The van der Waals surface area contributed by atoms with E-state index in [0.29, 0.717) is 5.96 Å². The molecule has 2 fully saturated rings. The van der Waals surface area contributed by atoms with Gasteiger partial charge in [-0.1, -0.05) is 0 Å². The predicted octanol–water partition coefficient (Wildman–Crippen LogP) is 1.21. The lowest BCUT2D eigenvalue weighted by atomic mass is 9.70. The van der Waals surface area contributed by atoms with Crippen LogP contribution in [0.3, 0.4) is 0 Å². The number of hydrogen-bond donors (Lipinski definition) is 1. The summed E-state index contributed by atoms with van der Waals surface area (Å²) in [5.41, 5.74) is 5.68. The molecule has 0 radical (unpaired) electrons. The normalized spacial score (nSPS) is 35.2. The summed E-state index contributed by atoms with van der Waals surface area (Å²) in [5, 5.41) is 0. The van der Waals surface area contributed by atoms with Crippen molar-refractivity contribution in [2.24, 2.45) is 10.7 Å². The lowest BCUT2D eigenvalue weighted by Crippen LogP contribution is -2.63. The van der Waals surface area contributed by atoms with Gasteiger partial charge in [0.2, 0.25) is 0 Å². The van der Waals surface area contributed by atoms with Gasteiger partial charge in [-0.15, -0.1) is 24.0 Å². The van der Waals surface area contributed by atoms with E-state index in [-0.39, 0.29) is 41.7 Å². The maximum Gasteiger partial charge on any atom is 0.191 e. The highest BCUT2D eigenvalue weighted by Crippen LogP contribution is 2.47. The molecule has 18 heavy (non-hydrogen) atoms. The first-order chi connectivity index (χ1) is 8.10. The second-order valence-electron chi connectivity index (χ2n) is 4.98. The van der Waals surface area contributed by atoms with Crippen LogP contribution in [0.4, 0.5) is 0 Å². The molecule has 6 heteroatoms. The summed E-state index contributed by atoms with van der Waals surface area (Å²) in [5.74, 6) is 0.569. The van der Waals surface area contributed by atoms with E-state index in [1.807, 2.05) is 25.9 Å². The van der Waals surface area contributed by atoms with Gasteiger partial charge in [0.1, 0.15) is 5.60 Å². The van der Waals surface area contributed by atoms with Gasteiger partial charge in [0.15, 0.2) is 5.96 Å². The average molecular weight is 369 g/mol. The maximum absolute atomic E-state index is 5.93. The van der Waals surface area contributed by atoms with Gasteiger partial charge in [0.25, 0.3) is 0 Å². The van der Waals surface area contributed by atoms with Crippen molar-refractivity contribution < 1.29 is 9.47 Å². The van der Waals surface area contributed by atoms with Crippen LogP contribution < -0.4 is 5.73 Å². The largest absolute Gasteiger partial charge is 0.375 e. The summed E-state index contributed by atoms with van der Waals surface area (Å²) >= 11 is 0. The van der Waals surface area contributed by atoms with E-state index in [9.17, 15) is 0 Å². The smallest absolute Gasteiger partial charge is 0.191 e. The average Bonchev–Trinajstić information content (AvgIpc) is 2.79. The summed E-state index contributed by atoms with van der Waals surface area (Å²) in [7, 11) is 3.80. The van der Waals surface area contributed by atoms with Gasteiger partial charge in [-0.3, -0.25) is 0 Å². The molecule has 0 amide bonds. The first-order valence-corrected chi connectivity index (χ1v) is 6.36. The van der Waals surface area contributed by atoms with Crippen molar-refractivity contribution in [2.75, 3.05) is 27.3 Å². The van der Waals surface area contributed by atoms with Crippen molar-refractivity contribution in [3.05, 3.63) is 0 Å². The Labute approximate surface area is 126 Å². The fourth-order valence-electron chi connectivity index (χ4n) is 2.70. The Morgan fingerprint density at radius 1 is 1.56 bits per heavy atom. The summed E-state index contributed by atoms with van der Waals surface area (Å²) in [4.78, 5) is 6.39. The summed E-state index contributed by atoms with van der Waals surface area (Å²) in [6.45, 7) is 3.57. The van der Waals surface area contributed by atoms with Crippen LogP contribution in [0.2, 0.25) is 0 Å². The molecule has 2 aliphatic rings. The molecule has 2 rings (SSSR count). The van der Waals surface area contributed by atoms with Gasteiger partial charge in [-0.05, 0) is 19.8 Å². The number of nitrogens with zero attached hydrogens (tertiary/aromatic N) is 2. The zero-order chi connectivity index (χ0) is 12.5. The zero-order valence-corrected chi connectivity index (χ0v) is 13.7. The first kappa shape index (κ1) is 16.0. The number of nitrogens with two attached hydrogens (primary N) is 1. The number of rotatable bonds is 3. The third-order valence-electron chi connectivity index (χ3n) is 3.74. The van der Waals surface area contributed by atoms with E-state index >= 15 is 0 Å². The minimum Gasteiger partial charge on any atom is -0.375 e. The fraction of sp³-hybridized carbons (Fsp3) is 0.917. The molecular formula is C12H24IN3O2. The van der Waals surface area contributed by atoms with Crippen LogP contribution in [0, 0.1) is 0 Å². The molecule has 1 saturated heterocycles. The van der Waals surface area contributed by atoms with E-state index < -0.39 is 0 Å². The van der Waals surface area contributed by atoms with Crippen molar-refractivity contribution in [1.29, 1.82) is 0 Å². The van der Waals surface area contributed by atoms with Crippen LogP contribution in [0.5, 0.6) is 0 Å². The summed E-state index contributed by atoms with van der Waals surface area (Å²) in [6, 6.07) is 0.156. The Morgan fingerprint density at radius 3 is 2.78 bits per heavy atom. The molecular weight excluding hydrogens is 345 g/mol. The molecule has 0 aromatic rings. The Balaban J connectivity index is 0.00000162. The molecule has 0 aromatic heterocycles. The maximum atomic E-state index is 5.93. The van der Waals surface area contributed by atoms with Crippen LogP contribution in [0.15, 0.2) is 4.99 Å². The number of guanidine groups is 1. The second kappa shape index (κ2) is 6.38. The lowest BCUT2D eigenvalue weighted by Gasteiger charge is -2.50. The molecule has 0 bridgehead atoms. The number of aliphatic imine (C=N–C) groups is 1. The fourth-order valence-corrected chi connectivity index (χ4v) is 2.70. The molecule has 5 nitrogen and oxygen atoms in total. The van der Waals surface area contributed by atoms with Gasteiger partial charge < -0.3 is 20.1 Å². The SMILES string of the molecule is CCOC1CC(N=C(N)N(C)C)C12CCCO2.I. The minimum absolute atomic E-state index is 0. The number of halogens is 1. The van der Waals surface area contributed by atoms with E-state index in [1.165, 1.54) is 0 Å². The molecule has 1 spiro atoms. The van der Waals surface area contributed by atoms with Crippen molar-refractivity contribution in [1.82, 2.24) is 4.90 Å². The number of ether oxygens (including phenoxy) is 2. The highest BCUT2D eigenvalue weighted by atomic mass is 127. The Kier molecular flexibility index (Phi) is 5.67. The second-order valence-corrected chi connectivity index (χ2v) is 4.98. The van der Waals surface area contributed by atoms with Crippen LogP contribution in [0.1, 0.15) is 26.2 Å². The number of hydrogen-bond acceptors (Lipinski definition) is 3. The Bertz CT molecular complexity index is 304. The minimum atomic E-state index is -0.198.